The number of rotatable bonds is 2. The highest BCUT2D eigenvalue weighted by molar-refractivity contribution is 6.43. The molecule has 3 aromatic carbocycles. The third kappa shape index (κ3) is 3.41. The van der Waals surface area contributed by atoms with E-state index in [4.69, 9.17) is 0 Å². The van der Waals surface area contributed by atoms with E-state index in [1.165, 1.54) is 18.2 Å². The molecular formula is C24H16F3NO2. The van der Waals surface area contributed by atoms with E-state index in [1.54, 1.807) is 55.5 Å². The van der Waals surface area contributed by atoms with Crippen LogP contribution < -0.4 is 4.90 Å². The molecule has 150 valence electrons. The zero-order chi connectivity index (χ0) is 21.5. The van der Waals surface area contributed by atoms with E-state index in [-0.39, 0.29) is 11.1 Å². The fourth-order valence-corrected chi connectivity index (χ4v) is 3.50. The Balaban J connectivity index is 1.90. The van der Waals surface area contributed by atoms with Gasteiger partial charge in [0.25, 0.3) is 11.8 Å². The number of hydrogen-bond donors (Lipinski definition) is 0. The van der Waals surface area contributed by atoms with Crippen LogP contribution >= 0.6 is 0 Å². The van der Waals surface area contributed by atoms with Crippen LogP contribution in [0.25, 0.3) is 11.6 Å². The topological polar surface area (TPSA) is 37.4 Å². The van der Waals surface area contributed by atoms with Gasteiger partial charge in [0.2, 0.25) is 0 Å². The van der Waals surface area contributed by atoms with Crippen LogP contribution in [0.1, 0.15) is 32.6 Å². The summed E-state index contributed by atoms with van der Waals surface area (Å²) < 4.78 is 39.3. The number of carbonyl (C=O) groups is 2. The minimum atomic E-state index is -4.49. The Labute approximate surface area is 171 Å². The average molecular weight is 407 g/mol. The Morgan fingerprint density at radius 1 is 0.800 bits per heavy atom. The van der Waals surface area contributed by atoms with Crippen LogP contribution in [0.3, 0.4) is 0 Å². The minimum Gasteiger partial charge on any atom is -0.268 e. The molecule has 0 saturated carbocycles. The number of alkyl halides is 3. The zero-order valence-corrected chi connectivity index (χ0v) is 15.9. The van der Waals surface area contributed by atoms with Crippen molar-refractivity contribution in [2.24, 2.45) is 0 Å². The molecule has 0 atom stereocenters. The number of benzene rings is 3. The van der Waals surface area contributed by atoms with Crippen molar-refractivity contribution in [3.63, 3.8) is 0 Å². The number of aryl methyl sites for hydroxylation is 1. The van der Waals surface area contributed by atoms with E-state index in [1.807, 2.05) is 0 Å². The van der Waals surface area contributed by atoms with Crippen molar-refractivity contribution in [1.29, 1.82) is 0 Å². The summed E-state index contributed by atoms with van der Waals surface area (Å²) in [5.41, 5.74) is 1.47. The molecule has 4 rings (SSSR count). The van der Waals surface area contributed by atoms with E-state index >= 15 is 0 Å². The van der Waals surface area contributed by atoms with Crippen LogP contribution in [0.5, 0.6) is 0 Å². The lowest BCUT2D eigenvalue weighted by atomic mass is 9.91. The van der Waals surface area contributed by atoms with Gasteiger partial charge in [-0.05, 0) is 54.0 Å². The number of carbonyl (C=O) groups excluding carboxylic acids is 2. The highest BCUT2D eigenvalue weighted by Gasteiger charge is 2.36. The molecule has 0 saturated heterocycles. The molecule has 0 fully saturated rings. The molecule has 0 bridgehead atoms. The second-order valence-electron chi connectivity index (χ2n) is 6.96. The van der Waals surface area contributed by atoms with Gasteiger partial charge in [-0.2, -0.15) is 13.2 Å². The third-order valence-corrected chi connectivity index (χ3v) is 4.97. The molecule has 0 N–H and O–H groups in total. The maximum absolute atomic E-state index is 13.4. The minimum absolute atomic E-state index is 0.160. The standard InChI is InChI=1S/C24H16F3NO2/c1-15-7-2-5-12-21(15)28-22(29)19-11-4-3-10-18(19)20(23(28)30)14-16-8-6-9-17(13-16)24(25,26)27/h2-14H,1H3/b20-14-. The van der Waals surface area contributed by atoms with Crippen LogP contribution in [0.4, 0.5) is 18.9 Å². The van der Waals surface area contributed by atoms with Crippen molar-refractivity contribution in [3.05, 3.63) is 101 Å². The first kappa shape index (κ1) is 19.6. The van der Waals surface area contributed by atoms with Gasteiger partial charge in [-0.25, -0.2) is 4.90 Å². The van der Waals surface area contributed by atoms with Crippen molar-refractivity contribution in [2.45, 2.75) is 13.1 Å². The Kier molecular flexibility index (Phi) is 4.78. The number of anilines is 1. The molecule has 1 heterocycles. The lowest BCUT2D eigenvalue weighted by molar-refractivity contribution is -0.137. The Morgan fingerprint density at radius 3 is 2.17 bits per heavy atom. The van der Waals surface area contributed by atoms with Gasteiger partial charge in [-0.15, -0.1) is 0 Å². The maximum atomic E-state index is 13.4. The van der Waals surface area contributed by atoms with Gasteiger partial charge in [-0.1, -0.05) is 48.5 Å². The van der Waals surface area contributed by atoms with Gasteiger partial charge < -0.3 is 0 Å². The van der Waals surface area contributed by atoms with E-state index in [9.17, 15) is 22.8 Å². The number of imide groups is 1. The number of nitrogens with zero attached hydrogens (tertiary/aromatic N) is 1. The predicted molar refractivity (Wildman–Crippen MR) is 109 cm³/mol. The first-order chi connectivity index (χ1) is 14.3. The van der Waals surface area contributed by atoms with Crippen molar-refractivity contribution < 1.29 is 22.8 Å². The molecule has 1 aliphatic rings. The first-order valence-corrected chi connectivity index (χ1v) is 9.20. The summed E-state index contributed by atoms with van der Waals surface area (Å²) in [4.78, 5) is 27.5. The Hall–Kier alpha value is -3.67. The Bertz CT molecular complexity index is 1190. The molecule has 3 nitrogen and oxygen atoms in total. The van der Waals surface area contributed by atoms with Gasteiger partial charge >= 0.3 is 6.18 Å². The number of para-hydroxylation sites is 1. The highest BCUT2D eigenvalue weighted by atomic mass is 19.4. The summed E-state index contributed by atoms with van der Waals surface area (Å²) in [5, 5.41) is 0. The molecule has 1 aliphatic heterocycles. The van der Waals surface area contributed by atoms with Crippen LogP contribution in [0.2, 0.25) is 0 Å². The molecule has 3 aromatic rings. The molecule has 0 unspecified atom stereocenters. The van der Waals surface area contributed by atoms with Crippen LogP contribution in [-0.2, 0) is 11.0 Å². The van der Waals surface area contributed by atoms with Gasteiger partial charge in [0, 0.05) is 11.1 Å². The molecule has 0 aliphatic carbocycles. The Morgan fingerprint density at radius 2 is 1.47 bits per heavy atom. The fraction of sp³-hybridized carbons (Fsp3) is 0.0833. The highest BCUT2D eigenvalue weighted by Crippen LogP contribution is 2.35. The maximum Gasteiger partial charge on any atom is 0.416 e. The normalized spacial score (nSPS) is 15.5. The van der Waals surface area contributed by atoms with Gasteiger partial charge in [0.15, 0.2) is 0 Å². The quantitative estimate of drug-likeness (QED) is 0.401. The summed E-state index contributed by atoms with van der Waals surface area (Å²) >= 11 is 0. The SMILES string of the molecule is Cc1ccccc1N1C(=O)/C(=C\c2cccc(C(F)(F)F)c2)c2ccccc2C1=O. The summed E-state index contributed by atoms with van der Waals surface area (Å²) in [6, 6.07) is 18.3. The van der Waals surface area contributed by atoms with Crippen LogP contribution in [0.15, 0.2) is 72.8 Å². The molecule has 30 heavy (non-hydrogen) atoms. The van der Waals surface area contributed by atoms with E-state index in [0.29, 0.717) is 16.8 Å². The third-order valence-electron chi connectivity index (χ3n) is 4.97. The van der Waals surface area contributed by atoms with Crippen LogP contribution in [0, 0.1) is 6.92 Å². The van der Waals surface area contributed by atoms with Crippen molar-refractivity contribution in [3.8, 4) is 0 Å². The largest absolute Gasteiger partial charge is 0.416 e. The van der Waals surface area contributed by atoms with E-state index in [0.717, 1.165) is 22.6 Å². The summed E-state index contributed by atoms with van der Waals surface area (Å²) in [7, 11) is 0. The molecular weight excluding hydrogens is 391 g/mol. The molecule has 0 spiro atoms. The lowest BCUT2D eigenvalue weighted by Gasteiger charge is -2.29. The summed E-state index contributed by atoms with van der Waals surface area (Å²) in [6.07, 6.45) is -3.10. The fourth-order valence-electron chi connectivity index (χ4n) is 3.50. The second kappa shape index (κ2) is 7.30. The summed E-state index contributed by atoms with van der Waals surface area (Å²) in [6.45, 7) is 1.78. The number of halogens is 3. The van der Waals surface area contributed by atoms with Gasteiger partial charge in [0.1, 0.15) is 0 Å². The number of hydrogen-bond acceptors (Lipinski definition) is 2. The number of amides is 2. The predicted octanol–water partition coefficient (Wildman–Crippen LogP) is 5.74. The zero-order valence-electron chi connectivity index (χ0n) is 15.9. The van der Waals surface area contributed by atoms with Gasteiger partial charge in [-0.3, -0.25) is 9.59 Å². The monoisotopic (exact) mass is 407 g/mol. The molecule has 0 aromatic heterocycles. The molecule has 2 amide bonds. The molecule has 0 radical (unpaired) electrons. The van der Waals surface area contributed by atoms with Crippen molar-refractivity contribution in [2.75, 3.05) is 4.90 Å². The van der Waals surface area contributed by atoms with E-state index in [2.05, 4.69) is 0 Å². The van der Waals surface area contributed by atoms with Gasteiger partial charge in [0.05, 0.1) is 11.3 Å². The lowest BCUT2D eigenvalue weighted by Crippen LogP contribution is -2.42. The number of fused-ring (bicyclic) bond motifs is 1. The average Bonchev–Trinajstić information content (AvgIpc) is 2.72. The second-order valence-corrected chi connectivity index (χ2v) is 6.96. The molecule has 6 heteroatoms. The smallest absolute Gasteiger partial charge is 0.268 e. The first-order valence-electron chi connectivity index (χ1n) is 9.20. The van der Waals surface area contributed by atoms with E-state index < -0.39 is 23.6 Å². The van der Waals surface area contributed by atoms with Crippen molar-refractivity contribution >= 4 is 29.2 Å². The summed E-state index contributed by atoms with van der Waals surface area (Å²) in [5.74, 6) is -1.04. The van der Waals surface area contributed by atoms with Crippen molar-refractivity contribution in [1.82, 2.24) is 0 Å². The van der Waals surface area contributed by atoms with Crippen LogP contribution in [-0.4, -0.2) is 11.8 Å².